The number of methoxy groups -OCH3 is 1. The van der Waals surface area contributed by atoms with Gasteiger partial charge in [0.2, 0.25) is 5.75 Å². The standard InChI is InChI=1S/C22H17ClN2O7/c1-30-21(26)13-31-17-9-5-16(6-10-17)24-22(27)14-2-7-18(8-3-14)32-20-11-4-15(23)12-19(20)25(28)29/h2-12H,13H2,1H3,(H,24,27). The Morgan fingerprint density at radius 2 is 1.66 bits per heavy atom. The Hall–Kier alpha value is -4.11. The highest BCUT2D eigenvalue weighted by molar-refractivity contribution is 6.30. The zero-order valence-electron chi connectivity index (χ0n) is 16.7. The van der Waals surface area contributed by atoms with E-state index in [9.17, 15) is 19.7 Å². The third kappa shape index (κ3) is 5.96. The van der Waals surface area contributed by atoms with Gasteiger partial charge in [0.05, 0.1) is 12.0 Å². The molecule has 32 heavy (non-hydrogen) atoms. The van der Waals surface area contributed by atoms with Crippen molar-refractivity contribution < 1.29 is 28.7 Å². The minimum atomic E-state index is -0.589. The summed E-state index contributed by atoms with van der Waals surface area (Å²) in [7, 11) is 1.27. The summed E-state index contributed by atoms with van der Waals surface area (Å²) in [6, 6.07) is 16.7. The molecule has 0 aliphatic carbocycles. The van der Waals surface area contributed by atoms with Crippen LogP contribution in [0.1, 0.15) is 10.4 Å². The lowest BCUT2D eigenvalue weighted by Crippen LogP contribution is -2.13. The number of halogens is 1. The van der Waals surface area contributed by atoms with E-state index < -0.39 is 10.9 Å². The van der Waals surface area contributed by atoms with Crippen molar-refractivity contribution in [2.24, 2.45) is 0 Å². The Kier molecular flexibility index (Phi) is 7.25. The van der Waals surface area contributed by atoms with Crippen LogP contribution in [-0.2, 0) is 9.53 Å². The van der Waals surface area contributed by atoms with Gasteiger partial charge in [0, 0.05) is 22.3 Å². The second kappa shape index (κ2) is 10.3. The predicted octanol–water partition coefficient (Wildman–Crippen LogP) is 4.84. The number of esters is 1. The molecule has 0 bridgehead atoms. The number of nitro groups is 1. The van der Waals surface area contributed by atoms with Gasteiger partial charge in [-0.05, 0) is 60.7 Å². The number of rotatable bonds is 8. The van der Waals surface area contributed by atoms with E-state index in [0.717, 1.165) is 0 Å². The number of carbonyl (C=O) groups excluding carboxylic acids is 2. The number of ether oxygens (including phenoxy) is 3. The number of amides is 1. The normalized spacial score (nSPS) is 10.2. The number of anilines is 1. The first-order chi connectivity index (χ1) is 15.4. The highest BCUT2D eigenvalue weighted by atomic mass is 35.5. The SMILES string of the molecule is COC(=O)COc1ccc(NC(=O)c2ccc(Oc3ccc(Cl)cc3[N+](=O)[O-])cc2)cc1. The summed E-state index contributed by atoms with van der Waals surface area (Å²) in [5.74, 6) is -0.0610. The molecule has 0 radical (unpaired) electrons. The van der Waals surface area contributed by atoms with Gasteiger partial charge in [-0.3, -0.25) is 14.9 Å². The largest absolute Gasteiger partial charge is 0.482 e. The van der Waals surface area contributed by atoms with Gasteiger partial charge in [0.25, 0.3) is 5.91 Å². The molecule has 164 valence electrons. The van der Waals surface area contributed by atoms with E-state index in [4.69, 9.17) is 21.1 Å². The quantitative estimate of drug-likeness (QED) is 0.292. The van der Waals surface area contributed by atoms with Crippen LogP contribution in [0.15, 0.2) is 66.7 Å². The van der Waals surface area contributed by atoms with Crippen LogP contribution in [-0.4, -0.2) is 30.5 Å². The van der Waals surface area contributed by atoms with Gasteiger partial charge >= 0.3 is 11.7 Å². The van der Waals surface area contributed by atoms with Crippen molar-refractivity contribution in [3.63, 3.8) is 0 Å². The fraction of sp³-hybridized carbons (Fsp3) is 0.0909. The van der Waals surface area contributed by atoms with Crippen LogP contribution >= 0.6 is 11.6 Å². The lowest BCUT2D eigenvalue weighted by molar-refractivity contribution is -0.385. The first-order valence-electron chi connectivity index (χ1n) is 9.18. The van der Waals surface area contributed by atoms with Crippen LogP contribution < -0.4 is 14.8 Å². The van der Waals surface area contributed by atoms with E-state index in [0.29, 0.717) is 22.7 Å². The zero-order chi connectivity index (χ0) is 23.1. The molecule has 1 amide bonds. The third-order valence-corrected chi connectivity index (χ3v) is 4.39. The predicted molar refractivity (Wildman–Crippen MR) is 117 cm³/mol. The Morgan fingerprint density at radius 3 is 2.28 bits per heavy atom. The van der Waals surface area contributed by atoms with E-state index >= 15 is 0 Å². The summed E-state index contributed by atoms with van der Waals surface area (Å²) in [5, 5.41) is 14.1. The summed E-state index contributed by atoms with van der Waals surface area (Å²) >= 11 is 5.80. The maximum absolute atomic E-state index is 12.5. The van der Waals surface area contributed by atoms with Crippen molar-refractivity contribution in [2.75, 3.05) is 19.0 Å². The molecule has 0 saturated carbocycles. The molecule has 0 aromatic heterocycles. The minimum absolute atomic E-state index is 0.0334. The fourth-order valence-electron chi connectivity index (χ4n) is 2.56. The average Bonchev–Trinajstić information content (AvgIpc) is 2.79. The lowest BCUT2D eigenvalue weighted by atomic mass is 10.2. The molecule has 0 aliphatic rings. The van der Waals surface area contributed by atoms with Crippen LogP contribution in [0.25, 0.3) is 0 Å². The van der Waals surface area contributed by atoms with Crippen molar-refractivity contribution in [3.05, 3.63) is 87.4 Å². The molecule has 0 atom stereocenters. The molecule has 9 nitrogen and oxygen atoms in total. The van der Waals surface area contributed by atoms with E-state index in [1.165, 1.54) is 49.6 Å². The summed E-state index contributed by atoms with van der Waals surface area (Å²) in [4.78, 5) is 34.1. The van der Waals surface area contributed by atoms with Gasteiger partial charge in [-0.2, -0.15) is 0 Å². The topological polar surface area (TPSA) is 117 Å². The highest BCUT2D eigenvalue weighted by Gasteiger charge is 2.17. The van der Waals surface area contributed by atoms with Crippen LogP contribution in [0, 0.1) is 10.1 Å². The molecule has 0 fully saturated rings. The van der Waals surface area contributed by atoms with Gasteiger partial charge in [-0.15, -0.1) is 0 Å². The van der Waals surface area contributed by atoms with Crippen molar-refractivity contribution in [1.29, 1.82) is 0 Å². The fourth-order valence-corrected chi connectivity index (χ4v) is 2.73. The molecule has 0 heterocycles. The number of carbonyl (C=O) groups is 2. The Balaban J connectivity index is 1.62. The van der Waals surface area contributed by atoms with Gasteiger partial charge in [0.1, 0.15) is 11.5 Å². The summed E-state index contributed by atoms with van der Waals surface area (Å²) in [6.45, 7) is -0.212. The molecule has 10 heteroatoms. The van der Waals surface area contributed by atoms with Crippen LogP contribution in [0.5, 0.6) is 17.2 Å². The smallest absolute Gasteiger partial charge is 0.343 e. The second-order valence-electron chi connectivity index (χ2n) is 6.34. The molecule has 0 saturated heterocycles. The first kappa shape index (κ1) is 22.6. The van der Waals surface area contributed by atoms with Gasteiger partial charge < -0.3 is 19.5 Å². The number of benzene rings is 3. The maximum Gasteiger partial charge on any atom is 0.343 e. The number of hydrogen-bond acceptors (Lipinski definition) is 7. The van der Waals surface area contributed by atoms with Crippen molar-refractivity contribution in [2.45, 2.75) is 0 Å². The summed E-state index contributed by atoms with van der Waals surface area (Å²) in [6.07, 6.45) is 0. The lowest BCUT2D eigenvalue weighted by Gasteiger charge is -2.09. The molecule has 0 spiro atoms. The number of nitrogens with zero attached hydrogens (tertiary/aromatic N) is 1. The average molecular weight is 457 g/mol. The monoisotopic (exact) mass is 456 g/mol. The van der Waals surface area contributed by atoms with E-state index in [2.05, 4.69) is 10.1 Å². The molecule has 0 aliphatic heterocycles. The first-order valence-corrected chi connectivity index (χ1v) is 9.56. The maximum atomic E-state index is 12.5. The van der Waals surface area contributed by atoms with Crippen molar-refractivity contribution >= 4 is 34.9 Å². The minimum Gasteiger partial charge on any atom is -0.482 e. The summed E-state index contributed by atoms with van der Waals surface area (Å²) in [5.41, 5.74) is 0.616. The Bertz CT molecular complexity index is 1130. The van der Waals surface area contributed by atoms with Gasteiger partial charge in [-0.25, -0.2) is 4.79 Å². The van der Waals surface area contributed by atoms with E-state index in [-0.39, 0.29) is 29.0 Å². The third-order valence-electron chi connectivity index (χ3n) is 4.16. The highest BCUT2D eigenvalue weighted by Crippen LogP contribution is 2.33. The molecule has 3 aromatic rings. The van der Waals surface area contributed by atoms with Gasteiger partial charge in [-0.1, -0.05) is 11.6 Å². The molecule has 1 N–H and O–H groups in total. The van der Waals surface area contributed by atoms with Gasteiger partial charge in [0.15, 0.2) is 6.61 Å². The van der Waals surface area contributed by atoms with E-state index in [1.807, 2.05) is 0 Å². The number of hydrogen-bond donors (Lipinski definition) is 1. The summed E-state index contributed by atoms with van der Waals surface area (Å²) < 4.78 is 15.3. The molecule has 3 rings (SSSR count). The van der Waals surface area contributed by atoms with Crippen LogP contribution in [0.2, 0.25) is 5.02 Å². The van der Waals surface area contributed by atoms with Crippen LogP contribution in [0.3, 0.4) is 0 Å². The Labute approximate surface area is 187 Å². The number of nitro benzene ring substituents is 1. The molecular weight excluding hydrogens is 440 g/mol. The van der Waals surface area contributed by atoms with Crippen molar-refractivity contribution in [3.8, 4) is 17.2 Å². The molecule has 3 aromatic carbocycles. The van der Waals surface area contributed by atoms with Crippen molar-refractivity contribution in [1.82, 2.24) is 0 Å². The molecular formula is C22H17ClN2O7. The van der Waals surface area contributed by atoms with Crippen LogP contribution in [0.4, 0.5) is 11.4 Å². The Morgan fingerprint density at radius 1 is 1.00 bits per heavy atom. The van der Waals surface area contributed by atoms with E-state index in [1.54, 1.807) is 24.3 Å². The number of nitrogens with one attached hydrogen (secondary N) is 1. The molecule has 0 unspecified atom stereocenters. The second-order valence-corrected chi connectivity index (χ2v) is 6.78. The zero-order valence-corrected chi connectivity index (χ0v) is 17.5.